The van der Waals surface area contributed by atoms with E-state index in [0.717, 1.165) is 25.1 Å². The normalized spacial score (nSPS) is 17.1. The molecule has 0 saturated carbocycles. The molecule has 1 saturated heterocycles. The molecule has 0 spiro atoms. The largest absolute Gasteiger partial charge is 0.497 e. The summed E-state index contributed by atoms with van der Waals surface area (Å²) in [5.74, 6) is 0.512. The lowest BCUT2D eigenvalue weighted by Gasteiger charge is -2.31. The third-order valence-electron chi connectivity index (χ3n) is 4.64. The first kappa shape index (κ1) is 18.9. The second kappa shape index (κ2) is 9.19. The van der Waals surface area contributed by atoms with Crippen LogP contribution in [0.5, 0.6) is 5.75 Å². The van der Waals surface area contributed by atoms with E-state index in [1.54, 1.807) is 13.2 Å². The van der Waals surface area contributed by atoms with Gasteiger partial charge in [0.2, 0.25) is 11.8 Å². The molecular weight excluding hydrogens is 342 g/mol. The van der Waals surface area contributed by atoms with Gasteiger partial charge in [-0.25, -0.2) is 0 Å². The summed E-state index contributed by atoms with van der Waals surface area (Å²) in [7, 11) is 1.59. The standard InChI is InChI=1S/C21H25N3O3/c1-27-19-11-5-10-18(13-19)22-20(25)15-24-12-6-7-16(14-24)21(26)23-17-8-3-2-4-9-17/h2-5,8-11,13,16H,6-7,12,14-15H2,1H3,(H,22,25)(H,23,26). The number of hydrogen-bond acceptors (Lipinski definition) is 4. The van der Waals surface area contributed by atoms with Crippen molar-refractivity contribution in [1.82, 2.24) is 4.90 Å². The number of hydrogen-bond donors (Lipinski definition) is 2. The first-order valence-electron chi connectivity index (χ1n) is 9.16. The number of para-hydroxylation sites is 1. The van der Waals surface area contributed by atoms with Crippen LogP contribution in [-0.4, -0.2) is 43.5 Å². The molecule has 1 aliphatic rings. The monoisotopic (exact) mass is 367 g/mol. The zero-order chi connectivity index (χ0) is 19.1. The molecule has 1 heterocycles. The Morgan fingerprint density at radius 3 is 2.63 bits per heavy atom. The minimum absolute atomic E-state index is 0.0131. The molecule has 2 amide bonds. The van der Waals surface area contributed by atoms with Crippen LogP contribution in [0.2, 0.25) is 0 Å². The number of ether oxygens (including phenoxy) is 1. The SMILES string of the molecule is COc1cccc(NC(=O)CN2CCCC(C(=O)Nc3ccccc3)C2)c1. The summed E-state index contributed by atoms with van der Waals surface area (Å²) in [5.41, 5.74) is 1.50. The average Bonchev–Trinajstić information content (AvgIpc) is 2.69. The third kappa shape index (κ3) is 5.56. The van der Waals surface area contributed by atoms with E-state index < -0.39 is 0 Å². The van der Waals surface area contributed by atoms with Gasteiger partial charge < -0.3 is 15.4 Å². The van der Waals surface area contributed by atoms with E-state index in [2.05, 4.69) is 10.6 Å². The fourth-order valence-electron chi connectivity index (χ4n) is 3.28. The molecule has 2 aromatic rings. The van der Waals surface area contributed by atoms with Gasteiger partial charge in [0.25, 0.3) is 0 Å². The molecule has 0 aromatic heterocycles. The molecule has 6 heteroatoms. The van der Waals surface area contributed by atoms with Crippen LogP contribution in [0, 0.1) is 5.92 Å². The van der Waals surface area contributed by atoms with Gasteiger partial charge in [-0.3, -0.25) is 14.5 Å². The number of carbonyl (C=O) groups excluding carboxylic acids is 2. The Morgan fingerprint density at radius 1 is 1.07 bits per heavy atom. The predicted octanol–water partition coefficient (Wildman–Crippen LogP) is 2.98. The van der Waals surface area contributed by atoms with Gasteiger partial charge in [-0.1, -0.05) is 24.3 Å². The van der Waals surface area contributed by atoms with Crippen LogP contribution in [-0.2, 0) is 9.59 Å². The van der Waals surface area contributed by atoms with E-state index in [1.165, 1.54) is 0 Å². The fourth-order valence-corrected chi connectivity index (χ4v) is 3.28. The topological polar surface area (TPSA) is 70.7 Å². The van der Waals surface area contributed by atoms with E-state index in [-0.39, 0.29) is 24.3 Å². The summed E-state index contributed by atoms with van der Waals surface area (Å²) in [6, 6.07) is 16.7. The van der Waals surface area contributed by atoms with Crippen molar-refractivity contribution in [3.05, 3.63) is 54.6 Å². The van der Waals surface area contributed by atoms with Gasteiger partial charge >= 0.3 is 0 Å². The maximum absolute atomic E-state index is 12.5. The molecule has 1 aliphatic heterocycles. The van der Waals surface area contributed by atoms with Crippen molar-refractivity contribution < 1.29 is 14.3 Å². The number of carbonyl (C=O) groups is 2. The van der Waals surface area contributed by atoms with Crippen LogP contribution in [0.3, 0.4) is 0 Å². The summed E-state index contributed by atoms with van der Waals surface area (Å²) in [4.78, 5) is 26.9. The lowest BCUT2D eigenvalue weighted by molar-refractivity contribution is -0.123. The number of anilines is 2. The van der Waals surface area contributed by atoms with Crippen molar-refractivity contribution in [2.45, 2.75) is 12.8 Å². The highest BCUT2D eigenvalue weighted by Gasteiger charge is 2.26. The van der Waals surface area contributed by atoms with Gasteiger partial charge in [0.15, 0.2) is 0 Å². The predicted molar refractivity (Wildman–Crippen MR) is 106 cm³/mol. The average molecular weight is 367 g/mol. The third-order valence-corrected chi connectivity index (χ3v) is 4.64. The number of piperidine rings is 1. The Morgan fingerprint density at radius 2 is 1.85 bits per heavy atom. The lowest BCUT2D eigenvalue weighted by atomic mass is 9.97. The number of likely N-dealkylation sites (tertiary alicyclic amines) is 1. The Kier molecular flexibility index (Phi) is 6.44. The fraction of sp³-hybridized carbons (Fsp3) is 0.333. The molecule has 0 bridgehead atoms. The summed E-state index contributed by atoms with van der Waals surface area (Å²) in [6.45, 7) is 1.68. The molecule has 142 valence electrons. The van der Waals surface area contributed by atoms with Crippen LogP contribution in [0.15, 0.2) is 54.6 Å². The van der Waals surface area contributed by atoms with Gasteiger partial charge in [0.1, 0.15) is 5.75 Å². The summed E-state index contributed by atoms with van der Waals surface area (Å²) in [5, 5.41) is 5.84. The summed E-state index contributed by atoms with van der Waals surface area (Å²) in [6.07, 6.45) is 1.74. The maximum Gasteiger partial charge on any atom is 0.238 e. The molecule has 0 radical (unpaired) electrons. The van der Waals surface area contributed by atoms with Crippen molar-refractivity contribution in [3.63, 3.8) is 0 Å². The van der Waals surface area contributed by atoms with Crippen molar-refractivity contribution in [2.75, 3.05) is 37.4 Å². The number of nitrogens with zero attached hydrogens (tertiary/aromatic N) is 1. The van der Waals surface area contributed by atoms with Gasteiger partial charge in [-0.05, 0) is 43.7 Å². The van der Waals surface area contributed by atoms with Gasteiger partial charge in [-0.15, -0.1) is 0 Å². The molecule has 3 rings (SSSR count). The second-order valence-electron chi connectivity index (χ2n) is 6.71. The van der Waals surface area contributed by atoms with Crippen molar-refractivity contribution in [2.24, 2.45) is 5.92 Å². The number of benzene rings is 2. The summed E-state index contributed by atoms with van der Waals surface area (Å²) < 4.78 is 5.17. The molecule has 0 aliphatic carbocycles. The van der Waals surface area contributed by atoms with E-state index in [4.69, 9.17) is 4.74 Å². The minimum atomic E-state index is -0.108. The Bertz CT molecular complexity index is 779. The van der Waals surface area contributed by atoms with E-state index in [0.29, 0.717) is 18.0 Å². The molecule has 2 aromatic carbocycles. The van der Waals surface area contributed by atoms with Crippen molar-refractivity contribution in [1.29, 1.82) is 0 Å². The maximum atomic E-state index is 12.5. The highest BCUT2D eigenvalue weighted by atomic mass is 16.5. The Hall–Kier alpha value is -2.86. The summed E-state index contributed by atoms with van der Waals surface area (Å²) >= 11 is 0. The van der Waals surface area contributed by atoms with E-state index in [9.17, 15) is 9.59 Å². The van der Waals surface area contributed by atoms with Gasteiger partial charge in [-0.2, -0.15) is 0 Å². The zero-order valence-corrected chi connectivity index (χ0v) is 15.5. The molecule has 1 fully saturated rings. The number of methoxy groups -OCH3 is 1. The molecule has 1 atom stereocenters. The van der Waals surface area contributed by atoms with Crippen molar-refractivity contribution >= 4 is 23.2 Å². The molecule has 2 N–H and O–H groups in total. The Balaban J connectivity index is 1.51. The first-order chi connectivity index (χ1) is 13.1. The molecule has 27 heavy (non-hydrogen) atoms. The van der Waals surface area contributed by atoms with Gasteiger partial charge in [0, 0.05) is 24.0 Å². The zero-order valence-electron chi connectivity index (χ0n) is 15.5. The second-order valence-corrected chi connectivity index (χ2v) is 6.71. The lowest BCUT2D eigenvalue weighted by Crippen LogP contribution is -2.43. The minimum Gasteiger partial charge on any atom is -0.497 e. The molecular formula is C21H25N3O3. The first-order valence-corrected chi connectivity index (χ1v) is 9.16. The molecule has 6 nitrogen and oxygen atoms in total. The van der Waals surface area contributed by atoms with Crippen LogP contribution in [0.25, 0.3) is 0 Å². The van der Waals surface area contributed by atoms with Crippen molar-refractivity contribution in [3.8, 4) is 5.75 Å². The quantitative estimate of drug-likeness (QED) is 0.823. The van der Waals surface area contributed by atoms with Crippen LogP contribution in [0.4, 0.5) is 11.4 Å². The van der Waals surface area contributed by atoms with E-state index >= 15 is 0 Å². The molecule has 1 unspecified atom stereocenters. The number of amides is 2. The van der Waals surface area contributed by atoms with Gasteiger partial charge in [0.05, 0.1) is 19.6 Å². The number of rotatable bonds is 6. The smallest absolute Gasteiger partial charge is 0.238 e. The van der Waals surface area contributed by atoms with Crippen LogP contribution < -0.4 is 15.4 Å². The van der Waals surface area contributed by atoms with E-state index in [1.807, 2.05) is 53.4 Å². The Labute approximate surface area is 159 Å². The highest BCUT2D eigenvalue weighted by molar-refractivity contribution is 5.93. The number of nitrogens with one attached hydrogen (secondary N) is 2. The van der Waals surface area contributed by atoms with Crippen LogP contribution in [0.1, 0.15) is 12.8 Å². The van der Waals surface area contributed by atoms with Crippen LogP contribution >= 0.6 is 0 Å². The highest BCUT2D eigenvalue weighted by Crippen LogP contribution is 2.20.